The SMILES string of the molecule is Cc1ccc(-c2cc3c(=O)n(-c4ccc5c(cnn5CCN5CCCC5)c4)ccc3o2)c(F)c1.Cl. The number of hydrogen-bond acceptors (Lipinski definition) is 4. The molecule has 0 amide bonds. The summed E-state index contributed by atoms with van der Waals surface area (Å²) in [7, 11) is 0. The fourth-order valence-corrected chi connectivity index (χ4v) is 4.84. The molecule has 0 saturated carbocycles. The van der Waals surface area contributed by atoms with E-state index in [0.717, 1.165) is 35.2 Å². The number of aryl methyl sites for hydroxylation is 1. The molecule has 3 aromatic heterocycles. The maximum Gasteiger partial charge on any atom is 0.266 e. The summed E-state index contributed by atoms with van der Waals surface area (Å²) in [4.78, 5) is 15.8. The molecular formula is C27H26ClFN4O2. The average Bonchev–Trinajstić information content (AvgIpc) is 3.57. The second-order valence-electron chi connectivity index (χ2n) is 9.02. The van der Waals surface area contributed by atoms with Gasteiger partial charge < -0.3 is 9.32 Å². The summed E-state index contributed by atoms with van der Waals surface area (Å²) in [6, 6.07) is 14.3. The van der Waals surface area contributed by atoms with Crippen LogP contribution in [0.3, 0.4) is 0 Å². The van der Waals surface area contributed by atoms with Gasteiger partial charge in [0, 0.05) is 23.8 Å². The van der Waals surface area contributed by atoms with Crippen LogP contribution in [0.2, 0.25) is 0 Å². The Bertz CT molecular complexity index is 1580. The van der Waals surface area contributed by atoms with Crippen LogP contribution in [0.5, 0.6) is 0 Å². The van der Waals surface area contributed by atoms with E-state index in [-0.39, 0.29) is 23.8 Å². The zero-order chi connectivity index (χ0) is 23.2. The molecule has 8 heteroatoms. The minimum Gasteiger partial charge on any atom is -0.456 e. The quantitative estimate of drug-likeness (QED) is 0.322. The summed E-state index contributed by atoms with van der Waals surface area (Å²) in [6.07, 6.45) is 6.10. The van der Waals surface area contributed by atoms with Crippen molar-refractivity contribution in [1.29, 1.82) is 0 Å². The summed E-state index contributed by atoms with van der Waals surface area (Å²) in [5, 5.41) is 5.97. The van der Waals surface area contributed by atoms with Gasteiger partial charge in [-0.15, -0.1) is 12.4 Å². The minimum atomic E-state index is -0.369. The van der Waals surface area contributed by atoms with Gasteiger partial charge in [0.05, 0.1) is 29.2 Å². The van der Waals surface area contributed by atoms with Crippen molar-refractivity contribution in [2.24, 2.45) is 0 Å². The number of likely N-dealkylation sites (tertiary alicyclic amines) is 1. The van der Waals surface area contributed by atoms with Gasteiger partial charge in [-0.2, -0.15) is 5.10 Å². The molecule has 0 N–H and O–H groups in total. The fraction of sp³-hybridized carbons (Fsp3) is 0.259. The van der Waals surface area contributed by atoms with Gasteiger partial charge in [-0.1, -0.05) is 6.07 Å². The van der Waals surface area contributed by atoms with E-state index < -0.39 is 0 Å². The van der Waals surface area contributed by atoms with Gasteiger partial charge in [0.25, 0.3) is 5.56 Å². The molecule has 0 spiro atoms. The van der Waals surface area contributed by atoms with E-state index in [2.05, 4.69) is 10.00 Å². The van der Waals surface area contributed by atoms with Gasteiger partial charge >= 0.3 is 0 Å². The lowest BCUT2D eigenvalue weighted by atomic mass is 10.1. The van der Waals surface area contributed by atoms with Crippen molar-refractivity contribution in [3.63, 3.8) is 0 Å². The third kappa shape index (κ3) is 4.26. The standard InChI is InChI=1S/C27H25FN4O2.ClH/c1-18-4-6-21(23(28)14-18)26-16-22-25(34-26)8-11-31(27(22)33)20-5-7-24-19(15-20)17-29-32(24)13-12-30-9-2-3-10-30;/h4-8,11,14-17H,2-3,9-10,12-13H2,1H3;1H. The molecule has 6 nitrogen and oxygen atoms in total. The lowest BCUT2D eigenvalue weighted by Crippen LogP contribution is -2.24. The van der Waals surface area contributed by atoms with E-state index in [1.165, 1.54) is 32.0 Å². The highest BCUT2D eigenvalue weighted by molar-refractivity contribution is 5.85. The molecule has 1 saturated heterocycles. The molecule has 1 aliphatic rings. The lowest BCUT2D eigenvalue weighted by molar-refractivity contribution is 0.318. The molecular weight excluding hydrogens is 467 g/mol. The molecule has 0 bridgehead atoms. The summed E-state index contributed by atoms with van der Waals surface area (Å²) < 4.78 is 23.9. The Morgan fingerprint density at radius 1 is 1.03 bits per heavy atom. The Morgan fingerprint density at radius 3 is 2.66 bits per heavy atom. The monoisotopic (exact) mass is 492 g/mol. The third-order valence-electron chi connectivity index (χ3n) is 6.71. The molecule has 35 heavy (non-hydrogen) atoms. The van der Waals surface area contributed by atoms with Crippen LogP contribution < -0.4 is 5.56 Å². The number of aromatic nitrogens is 3. The van der Waals surface area contributed by atoms with Crippen LogP contribution in [0.25, 0.3) is 38.9 Å². The molecule has 5 aromatic rings. The van der Waals surface area contributed by atoms with Crippen molar-refractivity contribution in [3.05, 3.63) is 82.7 Å². The number of furan rings is 1. The van der Waals surface area contributed by atoms with Crippen LogP contribution in [-0.4, -0.2) is 38.9 Å². The molecule has 6 rings (SSSR count). The van der Waals surface area contributed by atoms with E-state index in [0.29, 0.717) is 22.3 Å². The number of hydrogen-bond donors (Lipinski definition) is 0. The van der Waals surface area contributed by atoms with Gasteiger partial charge in [-0.05, 0) is 80.9 Å². The molecule has 2 aromatic carbocycles. The number of halogens is 2. The molecule has 1 aliphatic heterocycles. The van der Waals surface area contributed by atoms with Crippen LogP contribution >= 0.6 is 12.4 Å². The molecule has 0 radical (unpaired) electrons. The zero-order valence-corrected chi connectivity index (χ0v) is 20.2. The normalized spacial score (nSPS) is 14.1. The smallest absolute Gasteiger partial charge is 0.266 e. The van der Waals surface area contributed by atoms with E-state index in [1.54, 1.807) is 29.0 Å². The largest absolute Gasteiger partial charge is 0.456 e. The average molecular weight is 493 g/mol. The van der Waals surface area contributed by atoms with Gasteiger partial charge in [0.2, 0.25) is 0 Å². The number of nitrogens with zero attached hydrogens (tertiary/aromatic N) is 4. The Labute approximate surface area is 208 Å². The predicted molar refractivity (Wildman–Crippen MR) is 138 cm³/mol. The highest BCUT2D eigenvalue weighted by Gasteiger charge is 2.16. The van der Waals surface area contributed by atoms with Gasteiger partial charge in [-0.3, -0.25) is 14.0 Å². The minimum absolute atomic E-state index is 0. The van der Waals surface area contributed by atoms with Crippen molar-refractivity contribution in [2.75, 3.05) is 19.6 Å². The highest BCUT2D eigenvalue weighted by atomic mass is 35.5. The van der Waals surface area contributed by atoms with E-state index in [9.17, 15) is 9.18 Å². The highest BCUT2D eigenvalue weighted by Crippen LogP contribution is 2.29. The predicted octanol–water partition coefficient (Wildman–Crippen LogP) is 5.57. The molecule has 0 atom stereocenters. The first kappa shape index (κ1) is 23.3. The third-order valence-corrected chi connectivity index (χ3v) is 6.71. The number of pyridine rings is 1. The number of rotatable bonds is 5. The fourth-order valence-electron chi connectivity index (χ4n) is 4.84. The van der Waals surface area contributed by atoms with Gasteiger partial charge in [0.1, 0.15) is 17.2 Å². The molecule has 0 unspecified atom stereocenters. The Kier molecular flexibility index (Phi) is 6.21. The van der Waals surface area contributed by atoms with E-state index in [4.69, 9.17) is 4.42 Å². The summed E-state index contributed by atoms with van der Waals surface area (Å²) in [6.45, 7) is 6.02. The lowest BCUT2D eigenvalue weighted by Gasteiger charge is -2.14. The van der Waals surface area contributed by atoms with Crippen LogP contribution in [0.4, 0.5) is 4.39 Å². The van der Waals surface area contributed by atoms with Gasteiger partial charge in [-0.25, -0.2) is 4.39 Å². The number of fused-ring (bicyclic) bond motifs is 2. The molecule has 4 heterocycles. The maximum absolute atomic E-state index is 14.4. The van der Waals surface area contributed by atoms with Crippen molar-refractivity contribution in [1.82, 2.24) is 19.2 Å². The molecule has 0 aliphatic carbocycles. The first-order valence-corrected chi connectivity index (χ1v) is 11.7. The van der Waals surface area contributed by atoms with Crippen LogP contribution in [0.1, 0.15) is 18.4 Å². The van der Waals surface area contributed by atoms with Gasteiger partial charge in [0.15, 0.2) is 0 Å². The van der Waals surface area contributed by atoms with Crippen molar-refractivity contribution < 1.29 is 8.81 Å². The van der Waals surface area contributed by atoms with Crippen molar-refractivity contribution >= 4 is 34.3 Å². The Hall–Kier alpha value is -3.42. The second-order valence-corrected chi connectivity index (χ2v) is 9.02. The Balaban J connectivity index is 0.00000253. The number of benzene rings is 2. The van der Waals surface area contributed by atoms with Crippen molar-refractivity contribution in [2.45, 2.75) is 26.3 Å². The van der Waals surface area contributed by atoms with Crippen molar-refractivity contribution in [3.8, 4) is 17.0 Å². The summed E-state index contributed by atoms with van der Waals surface area (Å²) in [5.41, 5.74) is 3.21. The second kappa shape index (κ2) is 9.32. The van der Waals surface area contributed by atoms with E-state index in [1.807, 2.05) is 42.1 Å². The zero-order valence-electron chi connectivity index (χ0n) is 19.4. The molecule has 180 valence electrons. The van der Waals surface area contributed by atoms with E-state index >= 15 is 0 Å². The maximum atomic E-state index is 14.4. The van der Waals surface area contributed by atoms with Crippen LogP contribution in [0, 0.1) is 12.7 Å². The first-order valence-electron chi connectivity index (χ1n) is 11.7. The summed E-state index contributed by atoms with van der Waals surface area (Å²) >= 11 is 0. The summed E-state index contributed by atoms with van der Waals surface area (Å²) in [5.74, 6) is -0.0244. The van der Waals surface area contributed by atoms with Crippen LogP contribution in [0.15, 0.2) is 70.1 Å². The topological polar surface area (TPSA) is 56.2 Å². The Morgan fingerprint density at radius 2 is 1.86 bits per heavy atom. The van der Waals surface area contributed by atoms with Crippen LogP contribution in [-0.2, 0) is 6.54 Å². The first-order chi connectivity index (χ1) is 16.6. The molecule has 1 fully saturated rings.